The van der Waals surface area contributed by atoms with Gasteiger partial charge in [0.25, 0.3) is 0 Å². The maximum absolute atomic E-state index is 12.4. The lowest BCUT2D eigenvalue weighted by Gasteiger charge is -2.34. The second kappa shape index (κ2) is 8.62. The van der Waals surface area contributed by atoms with Crippen LogP contribution in [0.15, 0.2) is 60.7 Å². The normalized spacial score (nSPS) is 14.8. The van der Waals surface area contributed by atoms with Gasteiger partial charge in [-0.2, -0.15) is 4.68 Å². The molecule has 0 bridgehead atoms. The lowest BCUT2D eigenvalue weighted by Crippen LogP contribution is -2.51. The van der Waals surface area contributed by atoms with Crippen LogP contribution in [0.5, 0.6) is 0 Å². The van der Waals surface area contributed by atoms with Crippen LogP contribution in [0, 0.1) is 0 Å². The van der Waals surface area contributed by atoms with Gasteiger partial charge in [-0.05, 0) is 28.1 Å². The number of nitrogens with zero attached hydrogens (tertiary/aromatic N) is 6. The van der Waals surface area contributed by atoms with E-state index in [0.29, 0.717) is 26.2 Å². The van der Waals surface area contributed by atoms with Gasteiger partial charge >= 0.3 is 6.03 Å². The molecule has 0 unspecified atom stereocenters. The van der Waals surface area contributed by atoms with E-state index >= 15 is 0 Å². The van der Waals surface area contributed by atoms with Crippen molar-refractivity contribution < 1.29 is 4.79 Å². The first-order valence-electron chi connectivity index (χ1n) is 9.41. The third-order valence-corrected chi connectivity index (χ3v) is 4.85. The van der Waals surface area contributed by atoms with Crippen molar-refractivity contribution in [3.05, 3.63) is 72.1 Å². The number of tetrazole rings is 1. The lowest BCUT2D eigenvalue weighted by molar-refractivity contribution is 0.133. The van der Waals surface area contributed by atoms with Crippen molar-refractivity contribution in [2.45, 2.75) is 13.1 Å². The van der Waals surface area contributed by atoms with Gasteiger partial charge in [0.1, 0.15) is 0 Å². The van der Waals surface area contributed by atoms with Crippen LogP contribution in [0.25, 0.3) is 5.69 Å². The summed E-state index contributed by atoms with van der Waals surface area (Å²) >= 11 is 0. The molecule has 4 rings (SSSR count). The maximum atomic E-state index is 12.4. The molecule has 1 N–H and O–H groups in total. The van der Waals surface area contributed by atoms with Crippen molar-refractivity contribution in [2.24, 2.45) is 0 Å². The molecular weight excluding hydrogens is 354 g/mol. The van der Waals surface area contributed by atoms with Gasteiger partial charge in [-0.1, -0.05) is 48.5 Å². The molecule has 0 atom stereocenters. The Labute approximate surface area is 163 Å². The highest BCUT2D eigenvalue weighted by atomic mass is 16.2. The first-order valence-corrected chi connectivity index (χ1v) is 9.41. The summed E-state index contributed by atoms with van der Waals surface area (Å²) in [6, 6.07) is 19.8. The van der Waals surface area contributed by atoms with Crippen LogP contribution in [0.1, 0.15) is 11.4 Å². The van der Waals surface area contributed by atoms with Crippen molar-refractivity contribution in [2.75, 3.05) is 26.2 Å². The van der Waals surface area contributed by atoms with Crippen molar-refractivity contribution in [3.63, 3.8) is 0 Å². The zero-order chi connectivity index (χ0) is 19.2. The smallest absolute Gasteiger partial charge is 0.317 e. The first-order chi connectivity index (χ1) is 13.8. The zero-order valence-corrected chi connectivity index (χ0v) is 15.6. The molecule has 3 aromatic rings. The van der Waals surface area contributed by atoms with E-state index in [0.717, 1.165) is 30.2 Å². The van der Waals surface area contributed by atoms with Gasteiger partial charge in [0.05, 0.1) is 12.2 Å². The average Bonchev–Trinajstić information content (AvgIpc) is 3.22. The third kappa shape index (κ3) is 4.34. The minimum Gasteiger partial charge on any atom is -0.334 e. The van der Waals surface area contributed by atoms with Crippen LogP contribution < -0.4 is 5.32 Å². The minimum atomic E-state index is -0.0161. The van der Waals surface area contributed by atoms with Crippen LogP contribution in [0.3, 0.4) is 0 Å². The highest BCUT2D eigenvalue weighted by Crippen LogP contribution is 2.11. The Morgan fingerprint density at radius 3 is 2.32 bits per heavy atom. The predicted molar refractivity (Wildman–Crippen MR) is 105 cm³/mol. The highest BCUT2D eigenvalue weighted by molar-refractivity contribution is 5.74. The molecular formula is C20H23N7O. The standard InChI is InChI=1S/C20H23N7O/c28-20(21-15-17-7-3-1-4-8-17)26-13-11-25(12-14-26)16-19-22-23-24-27(19)18-9-5-2-6-10-18/h1-10H,11-16H2,(H,21,28). The molecule has 1 saturated heterocycles. The topological polar surface area (TPSA) is 79.2 Å². The number of hydrogen-bond donors (Lipinski definition) is 1. The van der Waals surface area contributed by atoms with E-state index in [1.54, 1.807) is 4.68 Å². The molecule has 1 aromatic heterocycles. The number of benzene rings is 2. The molecule has 1 aliphatic rings. The van der Waals surface area contributed by atoms with Gasteiger partial charge in [-0.15, -0.1) is 5.10 Å². The molecule has 144 valence electrons. The second-order valence-corrected chi connectivity index (χ2v) is 6.75. The number of urea groups is 1. The number of nitrogens with one attached hydrogen (secondary N) is 1. The molecule has 0 spiro atoms. The van der Waals surface area contributed by atoms with Crippen LogP contribution in [0.2, 0.25) is 0 Å². The van der Waals surface area contributed by atoms with Crippen LogP contribution >= 0.6 is 0 Å². The summed E-state index contributed by atoms with van der Waals surface area (Å²) in [5.41, 5.74) is 2.05. The van der Waals surface area contributed by atoms with E-state index in [2.05, 4.69) is 25.7 Å². The SMILES string of the molecule is O=C(NCc1ccccc1)N1CCN(Cc2nnnn2-c2ccccc2)CC1. The average molecular weight is 377 g/mol. The van der Waals surface area contributed by atoms with Crippen LogP contribution in [0.4, 0.5) is 4.79 Å². The van der Waals surface area contributed by atoms with Crippen molar-refractivity contribution >= 4 is 6.03 Å². The molecule has 0 saturated carbocycles. The second-order valence-electron chi connectivity index (χ2n) is 6.75. The van der Waals surface area contributed by atoms with Gasteiger partial charge in [0.15, 0.2) is 5.82 Å². The van der Waals surface area contributed by atoms with E-state index < -0.39 is 0 Å². The maximum Gasteiger partial charge on any atom is 0.317 e. The van der Waals surface area contributed by atoms with E-state index in [9.17, 15) is 4.79 Å². The van der Waals surface area contributed by atoms with E-state index in [1.807, 2.05) is 65.6 Å². The number of hydrogen-bond acceptors (Lipinski definition) is 5. The van der Waals surface area contributed by atoms with Gasteiger partial charge in [0, 0.05) is 32.7 Å². The van der Waals surface area contributed by atoms with Gasteiger partial charge in [0.2, 0.25) is 0 Å². The molecule has 2 heterocycles. The molecule has 8 heteroatoms. The molecule has 8 nitrogen and oxygen atoms in total. The van der Waals surface area contributed by atoms with Crippen LogP contribution in [-0.4, -0.2) is 62.2 Å². The number of carbonyl (C=O) groups is 1. The fraction of sp³-hybridized carbons (Fsp3) is 0.300. The minimum absolute atomic E-state index is 0.0161. The Morgan fingerprint density at radius 1 is 0.929 bits per heavy atom. The fourth-order valence-electron chi connectivity index (χ4n) is 3.27. The summed E-state index contributed by atoms with van der Waals surface area (Å²) < 4.78 is 1.76. The Kier molecular flexibility index (Phi) is 5.58. The molecule has 28 heavy (non-hydrogen) atoms. The fourth-order valence-corrected chi connectivity index (χ4v) is 3.27. The zero-order valence-electron chi connectivity index (χ0n) is 15.6. The monoisotopic (exact) mass is 377 g/mol. The number of carbonyl (C=O) groups excluding carboxylic acids is 1. The lowest BCUT2D eigenvalue weighted by atomic mass is 10.2. The van der Waals surface area contributed by atoms with Crippen molar-refractivity contribution in [1.82, 2.24) is 35.3 Å². The van der Waals surface area contributed by atoms with Crippen LogP contribution in [-0.2, 0) is 13.1 Å². The van der Waals surface area contributed by atoms with Gasteiger partial charge in [-0.3, -0.25) is 4.90 Å². The molecule has 1 fully saturated rings. The number of rotatable bonds is 5. The summed E-state index contributed by atoms with van der Waals surface area (Å²) in [5.74, 6) is 0.799. The number of aromatic nitrogens is 4. The summed E-state index contributed by atoms with van der Waals surface area (Å²) in [5, 5.41) is 15.1. The first kappa shape index (κ1) is 18.1. The van der Waals surface area contributed by atoms with Crippen molar-refractivity contribution in [1.29, 1.82) is 0 Å². The molecule has 0 aliphatic carbocycles. The quantitative estimate of drug-likeness (QED) is 0.732. The largest absolute Gasteiger partial charge is 0.334 e. The molecule has 2 aromatic carbocycles. The van der Waals surface area contributed by atoms with E-state index in [-0.39, 0.29) is 6.03 Å². The predicted octanol–water partition coefficient (Wildman–Crippen LogP) is 1.69. The Bertz CT molecular complexity index is 889. The Balaban J connectivity index is 1.28. The summed E-state index contributed by atoms with van der Waals surface area (Å²) in [7, 11) is 0. The number of para-hydroxylation sites is 1. The molecule has 0 radical (unpaired) electrons. The number of piperazine rings is 1. The summed E-state index contributed by atoms with van der Waals surface area (Å²) in [4.78, 5) is 16.5. The highest BCUT2D eigenvalue weighted by Gasteiger charge is 2.22. The van der Waals surface area contributed by atoms with E-state index in [1.165, 1.54) is 0 Å². The van der Waals surface area contributed by atoms with Gasteiger partial charge < -0.3 is 10.2 Å². The summed E-state index contributed by atoms with van der Waals surface area (Å²) in [6.07, 6.45) is 0. The van der Waals surface area contributed by atoms with Gasteiger partial charge in [-0.25, -0.2) is 4.79 Å². The Hall–Kier alpha value is -3.26. The van der Waals surface area contributed by atoms with E-state index in [4.69, 9.17) is 0 Å². The third-order valence-electron chi connectivity index (χ3n) is 4.85. The number of amides is 2. The summed E-state index contributed by atoms with van der Waals surface area (Å²) in [6.45, 7) is 4.16. The molecule has 2 amide bonds. The van der Waals surface area contributed by atoms with Crippen molar-refractivity contribution in [3.8, 4) is 5.69 Å². The Morgan fingerprint density at radius 2 is 1.61 bits per heavy atom. The molecule has 1 aliphatic heterocycles.